The van der Waals surface area contributed by atoms with Gasteiger partial charge in [0.2, 0.25) is 0 Å². The van der Waals surface area contributed by atoms with Crippen LogP contribution < -0.4 is 5.32 Å². The van der Waals surface area contributed by atoms with Crippen molar-refractivity contribution in [2.24, 2.45) is 0 Å². The summed E-state index contributed by atoms with van der Waals surface area (Å²) in [5.74, 6) is -0.642. The van der Waals surface area contributed by atoms with Gasteiger partial charge in [-0.05, 0) is 17.7 Å². The molecule has 1 heterocycles. The van der Waals surface area contributed by atoms with Gasteiger partial charge in [-0.25, -0.2) is 4.98 Å². The van der Waals surface area contributed by atoms with Crippen molar-refractivity contribution in [1.82, 2.24) is 9.97 Å². The van der Waals surface area contributed by atoms with E-state index in [0.29, 0.717) is 22.8 Å². The first kappa shape index (κ1) is 15.5. The predicted octanol–water partition coefficient (Wildman–Crippen LogP) is 2.96. The molecule has 2 aromatic carbocycles. The van der Waals surface area contributed by atoms with Gasteiger partial charge in [-0.1, -0.05) is 42.5 Å². The second-order valence-electron chi connectivity index (χ2n) is 5.24. The number of aromatic amines is 1. The number of hydrogen-bond acceptors (Lipinski definition) is 3. The van der Waals surface area contributed by atoms with Crippen molar-refractivity contribution in [2.45, 2.75) is 6.42 Å². The molecule has 0 spiro atoms. The van der Waals surface area contributed by atoms with Crippen LogP contribution in [-0.2, 0) is 11.2 Å². The molecule has 0 aliphatic heterocycles. The van der Waals surface area contributed by atoms with Crippen LogP contribution >= 0.6 is 0 Å². The highest BCUT2D eigenvalue weighted by Crippen LogP contribution is 2.16. The summed E-state index contributed by atoms with van der Waals surface area (Å²) in [5, 5.41) is 11.6. The number of benzene rings is 2. The van der Waals surface area contributed by atoms with Crippen LogP contribution in [0.5, 0.6) is 0 Å². The third-order valence-electron chi connectivity index (χ3n) is 3.41. The average molecular weight is 321 g/mol. The van der Waals surface area contributed by atoms with Crippen LogP contribution in [0.4, 0.5) is 5.69 Å². The second kappa shape index (κ2) is 6.78. The van der Waals surface area contributed by atoms with Crippen molar-refractivity contribution < 1.29 is 14.7 Å². The first-order valence-electron chi connectivity index (χ1n) is 7.34. The summed E-state index contributed by atoms with van der Waals surface area (Å²) in [6.45, 7) is 0. The van der Waals surface area contributed by atoms with E-state index in [1.807, 2.05) is 30.3 Å². The van der Waals surface area contributed by atoms with Gasteiger partial charge in [0.1, 0.15) is 11.5 Å². The first-order chi connectivity index (χ1) is 11.6. The van der Waals surface area contributed by atoms with E-state index in [4.69, 9.17) is 5.11 Å². The Morgan fingerprint density at radius 2 is 1.88 bits per heavy atom. The van der Waals surface area contributed by atoms with Gasteiger partial charge in [-0.3, -0.25) is 9.59 Å². The SMILES string of the molecule is O=C(O)Cc1cccc(NC(=O)c2cnc(-c3ccccc3)[nH]2)c1. The van der Waals surface area contributed by atoms with E-state index < -0.39 is 5.97 Å². The number of aromatic nitrogens is 2. The molecule has 0 fully saturated rings. The van der Waals surface area contributed by atoms with Crippen molar-refractivity contribution in [3.05, 3.63) is 72.1 Å². The maximum Gasteiger partial charge on any atom is 0.307 e. The van der Waals surface area contributed by atoms with Crippen molar-refractivity contribution in [1.29, 1.82) is 0 Å². The fourth-order valence-electron chi connectivity index (χ4n) is 2.31. The van der Waals surface area contributed by atoms with Crippen LogP contribution in [0.25, 0.3) is 11.4 Å². The van der Waals surface area contributed by atoms with Crippen LogP contribution in [0.2, 0.25) is 0 Å². The number of hydrogen-bond donors (Lipinski definition) is 3. The Morgan fingerprint density at radius 1 is 1.08 bits per heavy atom. The predicted molar refractivity (Wildman–Crippen MR) is 89.8 cm³/mol. The minimum atomic E-state index is -0.917. The number of carbonyl (C=O) groups is 2. The highest BCUT2D eigenvalue weighted by Gasteiger charge is 2.11. The fourth-order valence-corrected chi connectivity index (χ4v) is 2.31. The third kappa shape index (κ3) is 3.67. The van der Waals surface area contributed by atoms with Gasteiger partial charge < -0.3 is 15.4 Å². The van der Waals surface area contributed by atoms with E-state index in [1.165, 1.54) is 6.20 Å². The molecule has 6 nitrogen and oxygen atoms in total. The standard InChI is InChI=1S/C18H15N3O3/c22-16(23)10-12-5-4-8-14(9-12)20-18(24)15-11-19-17(21-15)13-6-2-1-3-7-13/h1-9,11H,10H2,(H,19,21)(H,20,24)(H,22,23). The molecule has 0 saturated carbocycles. The van der Waals surface area contributed by atoms with Crippen LogP contribution in [0, 0.1) is 0 Å². The number of rotatable bonds is 5. The number of carbonyl (C=O) groups excluding carboxylic acids is 1. The number of anilines is 1. The molecule has 6 heteroatoms. The number of nitrogens with zero attached hydrogens (tertiary/aromatic N) is 1. The summed E-state index contributed by atoms with van der Waals surface area (Å²) in [7, 11) is 0. The third-order valence-corrected chi connectivity index (χ3v) is 3.41. The maximum absolute atomic E-state index is 12.3. The molecule has 24 heavy (non-hydrogen) atoms. The van der Waals surface area contributed by atoms with Crippen LogP contribution in [-0.4, -0.2) is 27.0 Å². The summed E-state index contributed by atoms with van der Waals surface area (Å²) in [6, 6.07) is 16.2. The minimum absolute atomic E-state index is 0.0913. The van der Waals surface area contributed by atoms with Gasteiger partial charge in [0.25, 0.3) is 5.91 Å². The van der Waals surface area contributed by atoms with E-state index in [0.717, 1.165) is 5.56 Å². The van der Waals surface area contributed by atoms with E-state index in [-0.39, 0.29) is 12.3 Å². The summed E-state index contributed by atoms with van der Waals surface area (Å²) >= 11 is 0. The highest BCUT2D eigenvalue weighted by molar-refractivity contribution is 6.03. The van der Waals surface area contributed by atoms with Crippen molar-refractivity contribution in [3.8, 4) is 11.4 Å². The topological polar surface area (TPSA) is 95.1 Å². The molecule has 3 N–H and O–H groups in total. The molecule has 3 rings (SSSR count). The average Bonchev–Trinajstić information content (AvgIpc) is 3.05. The lowest BCUT2D eigenvalue weighted by atomic mass is 10.1. The summed E-state index contributed by atoms with van der Waals surface area (Å²) < 4.78 is 0. The van der Waals surface area contributed by atoms with Crippen LogP contribution in [0.3, 0.4) is 0 Å². The van der Waals surface area contributed by atoms with E-state index in [2.05, 4.69) is 15.3 Å². The highest BCUT2D eigenvalue weighted by atomic mass is 16.4. The van der Waals surface area contributed by atoms with Crippen molar-refractivity contribution in [2.75, 3.05) is 5.32 Å². The van der Waals surface area contributed by atoms with Crippen molar-refractivity contribution >= 4 is 17.6 Å². The Labute approximate surface area is 138 Å². The lowest BCUT2D eigenvalue weighted by Crippen LogP contribution is -2.12. The quantitative estimate of drug-likeness (QED) is 0.673. The molecular weight excluding hydrogens is 306 g/mol. The molecule has 3 aromatic rings. The van der Waals surface area contributed by atoms with Crippen molar-refractivity contribution in [3.63, 3.8) is 0 Å². The fraction of sp³-hybridized carbons (Fsp3) is 0.0556. The molecule has 1 amide bonds. The summed E-state index contributed by atoms with van der Waals surface area (Å²) in [6.07, 6.45) is 1.38. The zero-order valence-electron chi connectivity index (χ0n) is 12.7. The largest absolute Gasteiger partial charge is 0.481 e. The summed E-state index contributed by atoms with van der Waals surface area (Å²) in [5.41, 5.74) is 2.38. The Morgan fingerprint density at radius 3 is 2.62 bits per heavy atom. The second-order valence-corrected chi connectivity index (χ2v) is 5.24. The van der Waals surface area contributed by atoms with Crippen LogP contribution in [0.1, 0.15) is 16.1 Å². The zero-order chi connectivity index (χ0) is 16.9. The molecule has 0 unspecified atom stereocenters. The normalized spacial score (nSPS) is 10.3. The molecule has 120 valence electrons. The van der Waals surface area contributed by atoms with E-state index >= 15 is 0 Å². The Hall–Kier alpha value is -3.41. The molecule has 0 saturated heterocycles. The van der Waals surface area contributed by atoms with Gasteiger partial charge >= 0.3 is 5.97 Å². The molecule has 0 bridgehead atoms. The monoisotopic (exact) mass is 321 g/mol. The van der Waals surface area contributed by atoms with E-state index in [1.54, 1.807) is 24.3 Å². The number of amides is 1. The first-order valence-corrected chi connectivity index (χ1v) is 7.34. The van der Waals surface area contributed by atoms with Gasteiger partial charge in [0.05, 0.1) is 12.6 Å². The zero-order valence-corrected chi connectivity index (χ0v) is 12.7. The number of imidazole rings is 1. The summed E-state index contributed by atoms with van der Waals surface area (Å²) in [4.78, 5) is 30.2. The molecule has 0 aliphatic rings. The number of carboxylic acids is 1. The minimum Gasteiger partial charge on any atom is -0.481 e. The Bertz CT molecular complexity index is 872. The molecular formula is C18H15N3O3. The molecule has 0 radical (unpaired) electrons. The maximum atomic E-state index is 12.3. The van der Waals surface area contributed by atoms with Gasteiger partial charge in [0, 0.05) is 11.3 Å². The molecule has 0 atom stereocenters. The lowest BCUT2D eigenvalue weighted by molar-refractivity contribution is -0.136. The Kier molecular flexibility index (Phi) is 4.38. The number of aliphatic carboxylic acids is 1. The van der Waals surface area contributed by atoms with Crippen LogP contribution in [0.15, 0.2) is 60.8 Å². The van der Waals surface area contributed by atoms with Gasteiger partial charge in [0.15, 0.2) is 0 Å². The van der Waals surface area contributed by atoms with Gasteiger partial charge in [-0.2, -0.15) is 0 Å². The lowest BCUT2D eigenvalue weighted by Gasteiger charge is -2.05. The number of H-pyrrole nitrogens is 1. The molecule has 1 aromatic heterocycles. The molecule has 0 aliphatic carbocycles. The number of carboxylic acid groups (broad SMARTS) is 1. The Balaban J connectivity index is 1.74. The number of nitrogens with one attached hydrogen (secondary N) is 2. The smallest absolute Gasteiger partial charge is 0.307 e. The van der Waals surface area contributed by atoms with E-state index in [9.17, 15) is 9.59 Å². The van der Waals surface area contributed by atoms with Gasteiger partial charge in [-0.15, -0.1) is 0 Å².